The van der Waals surface area contributed by atoms with E-state index < -0.39 is 6.03 Å². The van der Waals surface area contributed by atoms with Gasteiger partial charge in [0.15, 0.2) is 5.82 Å². The topological polar surface area (TPSA) is 91.2 Å². The summed E-state index contributed by atoms with van der Waals surface area (Å²) in [6.07, 6.45) is 5.59. The van der Waals surface area contributed by atoms with Crippen molar-refractivity contribution in [2.75, 3.05) is 43.4 Å². The Bertz CT molecular complexity index is 1030. The minimum Gasteiger partial charge on any atom is -0.368 e. The lowest BCUT2D eigenvalue weighted by Gasteiger charge is -2.23. The van der Waals surface area contributed by atoms with Gasteiger partial charge in [-0.15, -0.1) is 0 Å². The van der Waals surface area contributed by atoms with Crippen LogP contribution in [0.5, 0.6) is 0 Å². The van der Waals surface area contributed by atoms with Crippen LogP contribution in [0.2, 0.25) is 0 Å². The number of nitrogens with zero attached hydrogens (tertiary/aromatic N) is 6. The fraction of sp³-hybridized carbons (Fsp3) is 0.333. The van der Waals surface area contributed by atoms with Gasteiger partial charge in [-0.2, -0.15) is 5.10 Å². The molecule has 0 atom stereocenters. The molecule has 4 rings (SSSR count). The van der Waals surface area contributed by atoms with Crippen LogP contribution in [0.1, 0.15) is 12.0 Å². The molecule has 3 aromatic rings. The van der Waals surface area contributed by atoms with Crippen LogP contribution in [-0.2, 0) is 6.54 Å². The maximum Gasteiger partial charge on any atom is 0.319 e. The van der Waals surface area contributed by atoms with E-state index in [1.54, 1.807) is 30.7 Å². The Morgan fingerprint density at radius 3 is 2.90 bits per heavy atom. The summed E-state index contributed by atoms with van der Waals surface area (Å²) in [5.41, 5.74) is 1.73. The number of benzene rings is 1. The summed E-state index contributed by atoms with van der Waals surface area (Å²) < 4.78 is 16.3. The minimum absolute atomic E-state index is 0.233. The van der Waals surface area contributed by atoms with Gasteiger partial charge in [0, 0.05) is 43.6 Å². The molecule has 0 bridgehead atoms. The highest BCUT2D eigenvalue weighted by Gasteiger charge is 2.16. The number of hydrogen-bond acceptors (Lipinski definition) is 6. The Labute approximate surface area is 179 Å². The molecule has 1 aliphatic heterocycles. The quantitative estimate of drug-likeness (QED) is 0.653. The smallest absolute Gasteiger partial charge is 0.319 e. The molecule has 1 aromatic carbocycles. The lowest BCUT2D eigenvalue weighted by molar-refractivity contribution is 0.251. The standard InChI is InChI=1S/C21H25FN8O/c1-28-8-3-9-29(11-10-28)19-6-5-17(12-18(19)22)27-21(31)25-13-16-4-2-7-24-20(16)30-15-23-14-26-30/h2,4-7,12,14-15H,3,8-11,13H2,1H3,(H2,25,27,31). The Hall–Kier alpha value is -3.53. The Morgan fingerprint density at radius 2 is 2.10 bits per heavy atom. The first-order valence-corrected chi connectivity index (χ1v) is 10.2. The highest BCUT2D eigenvalue weighted by molar-refractivity contribution is 5.89. The summed E-state index contributed by atoms with van der Waals surface area (Å²) in [6, 6.07) is 7.99. The maximum atomic E-state index is 14.7. The average Bonchev–Trinajstić information content (AvgIpc) is 3.22. The van der Waals surface area contributed by atoms with E-state index in [1.807, 2.05) is 6.07 Å². The van der Waals surface area contributed by atoms with Gasteiger partial charge in [-0.3, -0.25) is 0 Å². The van der Waals surface area contributed by atoms with Crippen molar-refractivity contribution in [1.82, 2.24) is 30.0 Å². The maximum absolute atomic E-state index is 14.7. The average molecular weight is 424 g/mol. The second-order valence-electron chi connectivity index (χ2n) is 7.44. The predicted molar refractivity (Wildman–Crippen MR) is 116 cm³/mol. The van der Waals surface area contributed by atoms with Crippen molar-refractivity contribution in [2.24, 2.45) is 0 Å². The van der Waals surface area contributed by atoms with Gasteiger partial charge in [-0.25, -0.2) is 23.8 Å². The molecule has 1 saturated heterocycles. The van der Waals surface area contributed by atoms with Crippen LogP contribution >= 0.6 is 0 Å². The summed E-state index contributed by atoms with van der Waals surface area (Å²) in [4.78, 5) is 24.9. The fourth-order valence-corrected chi connectivity index (χ4v) is 3.57. The van der Waals surface area contributed by atoms with E-state index in [4.69, 9.17) is 0 Å². The molecule has 0 unspecified atom stereocenters. The van der Waals surface area contributed by atoms with Gasteiger partial charge in [-0.05, 0) is 44.3 Å². The number of likely N-dealkylation sites (N-methyl/N-ethyl adjacent to an activating group) is 1. The van der Waals surface area contributed by atoms with Crippen LogP contribution < -0.4 is 15.5 Å². The molecule has 2 aromatic heterocycles. The first-order chi connectivity index (χ1) is 15.1. The summed E-state index contributed by atoms with van der Waals surface area (Å²) in [7, 11) is 2.08. The number of carbonyl (C=O) groups is 1. The number of rotatable bonds is 5. The molecule has 31 heavy (non-hydrogen) atoms. The van der Waals surface area contributed by atoms with Gasteiger partial charge in [0.2, 0.25) is 0 Å². The molecule has 0 saturated carbocycles. The summed E-state index contributed by atoms with van der Waals surface area (Å²) in [6.45, 7) is 3.73. The number of pyridine rings is 1. The zero-order valence-corrected chi connectivity index (χ0v) is 17.3. The van der Waals surface area contributed by atoms with Crippen LogP contribution in [0.4, 0.5) is 20.6 Å². The third kappa shape index (κ3) is 5.15. The highest BCUT2D eigenvalue weighted by atomic mass is 19.1. The molecule has 1 aliphatic rings. The van der Waals surface area contributed by atoms with Gasteiger partial charge < -0.3 is 20.4 Å². The molecule has 2 N–H and O–H groups in total. The van der Waals surface area contributed by atoms with Gasteiger partial charge in [0.05, 0.1) is 5.69 Å². The number of anilines is 2. The van der Waals surface area contributed by atoms with Crippen molar-refractivity contribution in [3.05, 3.63) is 60.6 Å². The zero-order valence-electron chi connectivity index (χ0n) is 17.3. The third-order valence-corrected chi connectivity index (χ3v) is 5.21. The van der Waals surface area contributed by atoms with Crippen LogP contribution in [0.25, 0.3) is 5.82 Å². The molecule has 0 spiro atoms. The second-order valence-corrected chi connectivity index (χ2v) is 7.44. The Balaban J connectivity index is 1.37. The molecule has 9 nitrogen and oxygen atoms in total. The molecule has 1 fully saturated rings. The van der Waals surface area contributed by atoms with E-state index in [0.717, 1.165) is 38.2 Å². The van der Waals surface area contributed by atoms with Gasteiger partial charge in [0.1, 0.15) is 18.5 Å². The molecule has 162 valence electrons. The monoisotopic (exact) mass is 424 g/mol. The molecule has 0 aliphatic carbocycles. The number of aromatic nitrogens is 4. The summed E-state index contributed by atoms with van der Waals surface area (Å²) >= 11 is 0. The SMILES string of the molecule is CN1CCCN(c2ccc(NC(=O)NCc3cccnc3-n3cncn3)cc2F)CC1. The first-order valence-electron chi connectivity index (χ1n) is 10.2. The fourth-order valence-electron chi connectivity index (χ4n) is 3.57. The van der Waals surface area contributed by atoms with E-state index in [0.29, 0.717) is 17.2 Å². The van der Waals surface area contributed by atoms with E-state index in [1.165, 1.54) is 17.1 Å². The zero-order chi connectivity index (χ0) is 21.6. The number of halogens is 1. The summed E-state index contributed by atoms with van der Waals surface area (Å²) in [5.74, 6) is 0.238. The lowest BCUT2D eigenvalue weighted by atomic mass is 10.2. The van der Waals surface area contributed by atoms with Gasteiger partial charge in [-0.1, -0.05) is 6.07 Å². The molecular weight excluding hydrogens is 399 g/mol. The number of urea groups is 1. The van der Waals surface area contributed by atoms with Crippen molar-refractivity contribution in [3.8, 4) is 5.82 Å². The number of carbonyl (C=O) groups excluding carboxylic acids is 1. The molecule has 2 amide bonds. The van der Waals surface area contributed by atoms with Gasteiger partial charge >= 0.3 is 6.03 Å². The third-order valence-electron chi connectivity index (χ3n) is 5.21. The van der Waals surface area contributed by atoms with E-state index in [-0.39, 0.29) is 12.4 Å². The van der Waals surface area contributed by atoms with Crippen molar-refractivity contribution in [3.63, 3.8) is 0 Å². The molecule has 10 heteroatoms. The van der Waals surface area contributed by atoms with Crippen molar-refractivity contribution in [1.29, 1.82) is 0 Å². The normalized spacial score (nSPS) is 14.8. The van der Waals surface area contributed by atoms with Gasteiger partial charge in [0.25, 0.3) is 0 Å². The molecule has 3 heterocycles. The summed E-state index contributed by atoms with van der Waals surface area (Å²) in [5, 5.41) is 9.53. The van der Waals surface area contributed by atoms with Crippen molar-refractivity contribution in [2.45, 2.75) is 13.0 Å². The van der Waals surface area contributed by atoms with Crippen molar-refractivity contribution < 1.29 is 9.18 Å². The highest BCUT2D eigenvalue weighted by Crippen LogP contribution is 2.24. The Kier molecular flexibility index (Phi) is 6.37. The molecule has 0 radical (unpaired) electrons. The van der Waals surface area contributed by atoms with E-state index >= 15 is 0 Å². The van der Waals surface area contributed by atoms with E-state index in [9.17, 15) is 9.18 Å². The second kappa shape index (κ2) is 9.52. The lowest BCUT2D eigenvalue weighted by Crippen LogP contribution is -2.30. The first kappa shape index (κ1) is 20.7. The van der Waals surface area contributed by atoms with Crippen LogP contribution in [0.15, 0.2) is 49.2 Å². The van der Waals surface area contributed by atoms with Crippen LogP contribution in [0.3, 0.4) is 0 Å². The van der Waals surface area contributed by atoms with E-state index in [2.05, 4.69) is 42.5 Å². The van der Waals surface area contributed by atoms with Crippen LogP contribution in [0, 0.1) is 5.82 Å². The number of nitrogens with one attached hydrogen (secondary N) is 2. The largest absolute Gasteiger partial charge is 0.368 e. The van der Waals surface area contributed by atoms with Crippen molar-refractivity contribution >= 4 is 17.4 Å². The van der Waals surface area contributed by atoms with Crippen LogP contribution in [-0.4, -0.2) is 63.9 Å². The Morgan fingerprint density at radius 1 is 1.19 bits per heavy atom. The minimum atomic E-state index is -0.433. The number of hydrogen-bond donors (Lipinski definition) is 2. The number of amides is 2. The predicted octanol–water partition coefficient (Wildman–Crippen LogP) is 2.26. The molecular formula is C21H25FN8O.